The van der Waals surface area contributed by atoms with Gasteiger partial charge in [0.2, 0.25) is 0 Å². The summed E-state index contributed by atoms with van der Waals surface area (Å²) in [6.07, 6.45) is 7.22. The Balaban J connectivity index is 1.91. The molecule has 1 unspecified atom stereocenters. The van der Waals surface area contributed by atoms with Crippen LogP contribution in [0.25, 0.3) is 0 Å². The Hall–Kier alpha value is -0.380. The van der Waals surface area contributed by atoms with Gasteiger partial charge in [0.15, 0.2) is 0 Å². The fourth-order valence-electron chi connectivity index (χ4n) is 3.82. The lowest BCUT2D eigenvalue weighted by Gasteiger charge is -2.42. The summed E-state index contributed by atoms with van der Waals surface area (Å²) in [6.45, 7) is 4.49. The molecule has 1 aromatic heterocycles. The third kappa shape index (κ3) is 1.93. The molecule has 1 N–H and O–H groups in total. The summed E-state index contributed by atoms with van der Waals surface area (Å²) in [5.41, 5.74) is 1.31. The quantitative estimate of drug-likeness (QED) is 0.904. The molecule has 1 atom stereocenters. The number of likely N-dealkylation sites (tertiary alicyclic amines) is 1. The van der Waals surface area contributed by atoms with Gasteiger partial charge in [-0.05, 0) is 62.7 Å². The largest absolute Gasteiger partial charge is 0.386 e. The standard InChI is InChI=1S/C15H23NOS/c1-12-6-11-18-13(12)14(17)15(7-2-3-8-15)16-9-4-5-10-16/h6,11,14,17H,2-5,7-10H2,1H3. The Labute approximate surface area is 114 Å². The molecular formula is C15H23NOS. The zero-order valence-corrected chi connectivity index (χ0v) is 12.0. The molecule has 2 aliphatic rings. The van der Waals surface area contributed by atoms with E-state index in [0.29, 0.717) is 0 Å². The number of aryl methyl sites for hydroxylation is 1. The van der Waals surface area contributed by atoms with Crippen LogP contribution in [0.1, 0.15) is 55.1 Å². The highest BCUT2D eigenvalue weighted by Crippen LogP contribution is 2.47. The van der Waals surface area contributed by atoms with Gasteiger partial charge in [-0.1, -0.05) is 12.8 Å². The molecule has 2 heterocycles. The first-order valence-corrected chi connectivity index (χ1v) is 8.09. The molecule has 100 valence electrons. The van der Waals surface area contributed by atoms with Crippen LogP contribution in [0.2, 0.25) is 0 Å². The van der Waals surface area contributed by atoms with E-state index in [1.807, 2.05) is 0 Å². The van der Waals surface area contributed by atoms with E-state index in [4.69, 9.17) is 0 Å². The van der Waals surface area contributed by atoms with Gasteiger partial charge in [-0.25, -0.2) is 0 Å². The van der Waals surface area contributed by atoms with Gasteiger partial charge in [-0.3, -0.25) is 4.90 Å². The minimum absolute atomic E-state index is 0.0477. The van der Waals surface area contributed by atoms with Gasteiger partial charge in [-0.15, -0.1) is 11.3 Å². The smallest absolute Gasteiger partial charge is 0.107 e. The molecule has 2 nitrogen and oxygen atoms in total. The number of thiophene rings is 1. The molecule has 0 bridgehead atoms. The van der Waals surface area contributed by atoms with Crippen molar-refractivity contribution < 1.29 is 5.11 Å². The molecule has 0 spiro atoms. The Bertz CT molecular complexity index is 402. The number of aliphatic hydroxyl groups is 1. The summed E-state index contributed by atoms with van der Waals surface area (Å²) in [6, 6.07) is 2.13. The number of hydrogen-bond acceptors (Lipinski definition) is 3. The van der Waals surface area contributed by atoms with Crippen LogP contribution in [0.4, 0.5) is 0 Å². The van der Waals surface area contributed by atoms with Crippen LogP contribution in [0.5, 0.6) is 0 Å². The van der Waals surface area contributed by atoms with Gasteiger partial charge < -0.3 is 5.11 Å². The van der Waals surface area contributed by atoms with Crippen LogP contribution in [-0.2, 0) is 0 Å². The van der Waals surface area contributed by atoms with Crippen LogP contribution in [-0.4, -0.2) is 28.6 Å². The first-order chi connectivity index (χ1) is 8.74. The second-order valence-corrected chi connectivity index (χ2v) is 6.82. The van der Waals surface area contributed by atoms with E-state index in [0.717, 1.165) is 0 Å². The predicted octanol–water partition coefficient (Wildman–Crippen LogP) is 3.50. The molecule has 1 aromatic rings. The van der Waals surface area contributed by atoms with Crippen molar-refractivity contribution in [3.8, 4) is 0 Å². The molecule has 1 aliphatic carbocycles. The first-order valence-electron chi connectivity index (χ1n) is 7.21. The zero-order valence-electron chi connectivity index (χ0n) is 11.2. The molecule has 1 saturated heterocycles. The minimum atomic E-state index is -0.280. The lowest BCUT2D eigenvalue weighted by molar-refractivity contribution is -0.0178. The topological polar surface area (TPSA) is 23.5 Å². The van der Waals surface area contributed by atoms with E-state index in [9.17, 15) is 5.11 Å². The molecule has 3 heteroatoms. The Kier molecular flexibility index (Phi) is 3.48. The van der Waals surface area contributed by atoms with E-state index in [-0.39, 0.29) is 11.6 Å². The van der Waals surface area contributed by atoms with E-state index < -0.39 is 0 Å². The SMILES string of the molecule is Cc1ccsc1C(O)C1(N2CCCC2)CCCC1. The van der Waals surface area contributed by atoms with Crippen LogP contribution in [0.15, 0.2) is 11.4 Å². The molecule has 0 amide bonds. The normalized spacial score (nSPS) is 25.7. The summed E-state index contributed by atoms with van der Waals surface area (Å²) >= 11 is 1.73. The van der Waals surface area contributed by atoms with E-state index in [1.165, 1.54) is 62.1 Å². The number of hydrogen-bond donors (Lipinski definition) is 1. The Morgan fingerprint density at radius 1 is 1.22 bits per heavy atom. The van der Waals surface area contributed by atoms with Crippen molar-refractivity contribution >= 4 is 11.3 Å². The monoisotopic (exact) mass is 265 g/mol. The second kappa shape index (κ2) is 4.95. The predicted molar refractivity (Wildman–Crippen MR) is 76.0 cm³/mol. The first kappa shape index (κ1) is 12.6. The Morgan fingerprint density at radius 3 is 2.44 bits per heavy atom. The van der Waals surface area contributed by atoms with Gasteiger partial charge >= 0.3 is 0 Å². The van der Waals surface area contributed by atoms with Crippen molar-refractivity contribution in [2.24, 2.45) is 0 Å². The van der Waals surface area contributed by atoms with Gasteiger partial charge in [0.05, 0.1) is 5.54 Å². The lowest BCUT2D eigenvalue weighted by atomic mass is 9.86. The highest BCUT2D eigenvalue weighted by Gasteiger charge is 2.47. The van der Waals surface area contributed by atoms with Crippen LogP contribution >= 0.6 is 11.3 Å². The molecule has 2 fully saturated rings. The highest BCUT2D eigenvalue weighted by molar-refractivity contribution is 7.10. The van der Waals surface area contributed by atoms with Crippen molar-refractivity contribution in [2.45, 2.75) is 57.1 Å². The maximum Gasteiger partial charge on any atom is 0.107 e. The van der Waals surface area contributed by atoms with Crippen LogP contribution < -0.4 is 0 Å². The van der Waals surface area contributed by atoms with E-state index in [1.54, 1.807) is 11.3 Å². The minimum Gasteiger partial charge on any atom is -0.386 e. The van der Waals surface area contributed by atoms with Crippen LogP contribution in [0.3, 0.4) is 0 Å². The molecular weight excluding hydrogens is 242 g/mol. The summed E-state index contributed by atoms with van der Waals surface area (Å²) < 4.78 is 0. The third-order valence-electron chi connectivity index (χ3n) is 4.86. The average molecular weight is 265 g/mol. The average Bonchev–Trinajstić information content (AvgIpc) is 3.10. The summed E-state index contributed by atoms with van der Waals surface area (Å²) in [4.78, 5) is 3.79. The molecule has 0 aromatic carbocycles. The van der Waals surface area contributed by atoms with Gasteiger partial charge in [0.25, 0.3) is 0 Å². The van der Waals surface area contributed by atoms with Crippen molar-refractivity contribution in [1.29, 1.82) is 0 Å². The summed E-state index contributed by atoms with van der Waals surface area (Å²) in [7, 11) is 0. The highest BCUT2D eigenvalue weighted by atomic mass is 32.1. The zero-order chi connectivity index (χ0) is 12.6. The molecule has 1 saturated carbocycles. The summed E-state index contributed by atoms with van der Waals surface area (Å²) in [5.74, 6) is 0. The number of aliphatic hydroxyl groups excluding tert-OH is 1. The van der Waals surface area contributed by atoms with Crippen LogP contribution in [0, 0.1) is 6.92 Å². The fraction of sp³-hybridized carbons (Fsp3) is 0.733. The van der Waals surface area contributed by atoms with Gasteiger partial charge in [0.1, 0.15) is 6.10 Å². The third-order valence-corrected chi connectivity index (χ3v) is 5.94. The fourth-order valence-corrected chi connectivity index (χ4v) is 4.84. The van der Waals surface area contributed by atoms with Gasteiger partial charge in [0, 0.05) is 4.88 Å². The van der Waals surface area contributed by atoms with Crippen molar-refractivity contribution in [2.75, 3.05) is 13.1 Å². The van der Waals surface area contributed by atoms with Crippen molar-refractivity contribution in [3.63, 3.8) is 0 Å². The Morgan fingerprint density at radius 2 is 1.89 bits per heavy atom. The number of nitrogens with zero attached hydrogens (tertiary/aromatic N) is 1. The lowest BCUT2D eigenvalue weighted by Crippen LogP contribution is -2.49. The summed E-state index contributed by atoms with van der Waals surface area (Å²) in [5, 5.41) is 13.1. The van der Waals surface area contributed by atoms with E-state index in [2.05, 4.69) is 23.3 Å². The van der Waals surface area contributed by atoms with Crippen molar-refractivity contribution in [3.05, 3.63) is 21.9 Å². The second-order valence-electron chi connectivity index (χ2n) is 5.88. The number of rotatable bonds is 3. The maximum atomic E-state index is 11.0. The molecule has 18 heavy (non-hydrogen) atoms. The molecule has 0 radical (unpaired) electrons. The maximum absolute atomic E-state index is 11.0. The molecule has 3 rings (SSSR count). The van der Waals surface area contributed by atoms with E-state index >= 15 is 0 Å². The van der Waals surface area contributed by atoms with Crippen molar-refractivity contribution in [1.82, 2.24) is 4.90 Å². The molecule has 1 aliphatic heterocycles. The van der Waals surface area contributed by atoms with Gasteiger partial charge in [-0.2, -0.15) is 0 Å².